The summed E-state index contributed by atoms with van der Waals surface area (Å²) in [5, 5.41) is 5.45. The average Bonchev–Trinajstić information content (AvgIpc) is 2.48. The Hall–Kier alpha value is -1.34. The summed E-state index contributed by atoms with van der Waals surface area (Å²) in [6, 6.07) is -0.256. The Balaban J connectivity index is 2.18. The van der Waals surface area contributed by atoms with E-state index in [0.29, 0.717) is 12.5 Å². The van der Waals surface area contributed by atoms with Crippen molar-refractivity contribution in [3.8, 4) is 0 Å². The first-order valence-electron chi connectivity index (χ1n) is 7.46. The highest BCUT2D eigenvalue weighted by Gasteiger charge is 2.20. The van der Waals surface area contributed by atoms with Crippen LogP contribution in [0, 0.1) is 5.92 Å². The molecule has 7 nitrogen and oxygen atoms in total. The molecule has 0 aromatic rings. The van der Waals surface area contributed by atoms with E-state index in [2.05, 4.69) is 15.5 Å². The molecule has 0 aromatic heterocycles. The molecule has 1 fully saturated rings. The fraction of sp³-hybridized carbons (Fsp3) is 0.857. The first-order valence-corrected chi connectivity index (χ1v) is 7.46. The van der Waals surface area contributed by atoms with Crippen molar-refractivity contribution in [2.45, 2.75) is 12.8 Å². The van der Waals surface area contributed by atoms with Crippen molar-refractivity contribution in [3.05, 3.63) is 0 Å². The van der Waals surface area contributed by atoms with E-state index in [1.54, 1.807) is 21.2 Å². The minimum absolute atomic E-state index is 0.0249. The van der Waals surface area contributed by atoms with Gasteiger partial charge in [-0.1, -0.05) is 0 Å². The Labute approximate surface area is 127 Å². The Morgan fingerprint density at radius 2 is 2.10 bits per heavy atom. The predicted molar refractivity (Wildman–Crippen MR) is 81.1 cm³/mol. The number of rotatable bonds is 7. The molecule has 0 unspecified atom stereocenters. The van der Waals surface area contributed by atoms with Crippen molar-refractivity contribution in [2.24, 2.45) is 5.92 Å². The number of nitrogens with one attached hydrogen (secondary N) is 2. The van der Waals surface area contributed by atoms with Gasteiger partial charge < -0.3 is 25.2 Å². The number of piperidine rings is 1. The van der Waals surface area contributed by atoms with Crippen molar-refractivity contribution in [3.63, 3.8) is 0 Å². The predicted octanol–water partition coefficient (Wildman–Crippen LogP) is -0.268. The third kappa shape index (κ3) is 7.29. The zero-order valence-electron chi connectivity index (χ0n) is 13.4. The maximum Gasteiger partial charge on any atom is 0.317 e. The number of ether oxygens (including phenoxy) is 1. The lowest BCUT2D eigenvalue weighted by atomic mass is 9.98. The Morgan fingerprint density at radius 3 is 2.76 bits per heavy atom. The van der Waals surface area contributed by atoms with Crippen LogP contribution in [-0.4, -0.2) is 82.3 Å². The van der Waals surface area contributed by atoms with E-state index in [1.807, 2.05) is 0 Å². The summed E-state index contributed by atoms with van der Waals surface area (Å²) in [6.45, 7) is 4.48. The van der Waals surface area contributed by atoms with Crippen LogP contribution in [0.2, 0.25) is 0 Å². The molecule has 1 heterocycles. The number of carbonyl (C=O) groups is 2. The van der Waals surface area contributed by atoms with Gasteiger partial charge in [0.1, 0.15) is 0 Å². The maximum absolute atomic E-state index is 11.7. The van der Waals surface area contributed by atoms with Crippen LogP contribution in [0.1, 0.15) is 12.8 Å². The lowest BCUT2D eigenvalue weighted by molar-refractivity contribution is -0.120. The SMILES string of the molecule is COCCN1CCC[C@H](CNC(=O)CNC(=O)N(C)C)C1. The second kappa shape index (κ2) is 9.57. The van der Waals surface area contributed by atoms with Crippen LogP contribution >= 0.6 is 0 Å². The van der Waals surface area contributed by atoms with Crippen LogP contribution in [0.4, 0.5) is 4.79 Å². The number of carbonyl (C=O) groups excluding carboxylic acids is 2. The van der Waals surface area contributed by atoms with E-state index in [-0.39, 0.29) is 18.5 Å². The van der Waals surface area contributed by atoms with Crippen molar-refractivity contribution in [2.75, 3.05) is 60.5 Å². The molecular weight excluding hydrogens is 272 g/mol. The molecule has 1 saturated heterocycles. The standard InChI is InChI=1S/C14H28N4O3/c1-17(2)14(20)16-10-13(19)15-9-12-5-4-6-18(11-12)7-8-21-3/h12H,4-11H2,1-3H3,(H,15,19)(H,16,20)/t12-/m1/s1. The topological polar surface area (TPSA) is 73.9 Å². The zero-order valence-corrected chi connectivity index (χ0v) is 13.4. The molecule has 1 aliphatic rings. The molecule has 7 heteroatoms. The molecule has 0 aromatic carbocycles. The maximum atomic E-state index is 11.7. The quantitative estimate of drug-likeness (QED) is 0.679. The molecular formula is C14H28N4O3. The van der Waals surface area contributed by atoms with Gasteiger partial charge in [0.05, 0.1) is 13.2 Å². The second-order valence-electron chi connectivity index (χ2n) is 5.66. The largest absolute Gasteiger partial charge is 0.383 e. The van der Waals surface area contributed by atoms with Crippen LogP contribution in [0.25, 0.3) is 0 Å². The highest BCUT2D eigenvalue weighted by molar-refractivity contribution is 5.83. The minimum atomic E-state index is -0.256. The Bertz CT molecular complexity index is 336. The average molecular weight is 300 g/mol. The highest BCUT2D eigenvalue weighted by atomic mass is 16.5. The molecule has 21 heavy (non-hydrogen) atoms. The number of urea groups is 1. The summed E-state index contributed by atoms with van der Waals surface area (Å²) in [5.41, 5.74) is 0. The van der Waals surface area contributed by atoms with E-state index in [0.717, 1.165) is 39.1 Å². The third-order valence-corrected chi connectivity index (χ3v) is 3.61. The molecule has 0 aliphatic carbocycles. The van der Waals surface area contributed by atoms with Crippen LogP contribution in [0.15, 0.2) is 0 Å². The van der Waals surface area contributed by atoms with E-state index in [9.17, 15) is 9.59 Å². The van der Waals surface area contributed by atoms with Crippen molar-refractivity contribution < 1.29 is 14.3 Å². The van der Waals surface area contributed by atoms with Crippen LogP contribution in [0.5, 0.6) is 0 Å². The van der Waals surface area contributed by atoms with E-state index in [4.69, 9.17) is 4.74 Å². The second-order valence-corrected chi connectivity index (χ2v) is 5.66. The van der Waals surface area contributed by atoms with Gasteiger partial charge in [-0.2, -0.15) is 0 Å². The van der Waals surface area contributed by atoms with Gasteiger partial charge in [-0.05, 0) is 25.3 Å². The van der Waals surface area contributed by atoms with Gasteiger partial charge in [0, 0.05) is 40.8 Å². The molecule has 1 aliphatic heterocycles. The van der Waals surface area contributed by atoms with Gasteiger partial charge in [0.15, 0.2) is 0 Å². The molecule has 0 bridgehead atoms. The smallest absolute Gasteiger partial charge is 0.317 e. The Kier molecular flexibility index (Phi) is 8.07. The molecule has 3 amide bonds. The number of amides is 3. The number of methoxy groups -OCH3 is 1. The highest BCUT2D eigenvalue weighted by Crippen LogP contribution is 2.15. The number of nitrogens with zero attached hydrogens (tertiary/aromatic N) is 2. The molecule has 0 spiro atoms. The molecule has 1 rings (SSSR count). The number of likely N-dealkylation sites (tertiary alicyclic amines) is 1. The summed E-state index contributed by atoms with van der Waals surface area (Å²) in [4.78, 5) is 26.8. The molecule has 1 atom stereocenters. The summed E-state index contributed by atoms with van der Waals surface area (Å²) < 4.78 is 5.10. The molecule has 2 N–H and O–H groups in total. The molecule has 0 radical (unpaired) electrons. The van der Waals surface area contributed by atoms with Crippen LogP contribution in [-0.2, 0) is 9.53 Å². The van der Waals surface area contributed by atoms with Gasteiger partial charge in [-0.15, -0.1) is 0 Å². The van der Waals surface area contributed by atoms with Crippen LogP contribution in [0.3, 0.4) is 0 Å². The van der Waals surface area contributed by atoms with E-state index in [1.165, 1.54) is 4.90 Å². The van der Waals surface area contributed by atoms with Gasteiger partial charge in [-0.25, -0.2) is 4.79 Å². The molecule has 122 valence electrons. The van der Waals surface area contributed by atoms with Gasteiger partial charge in [-0.3, -0.25) is 4.79 Å². The van der Waals surface area contributed by atoms with Crippen LogP contribution < -0.4 is 10.6 Å². The van der Waals surface area contributed by atoms with Crippen molar-refractivity contribution in [1.29, 1.82) is 0 Å². The summed E-state index contributed by atoms with van der Waals surface area (Å²) in [6.07, 6.45) is 2.29. The van der Waals surface area contributed by atoms with E-state index >= 15 is 0 Å². The van der Waals surface area contributed by atoms with Gasteiger partial charge in [0.2, 0.25) is 5.91 Å². The van der Waals surface area contributed by atoms with Gasteiger partial charge in [0.25, 0.3) is 0 Å². The van der Waals surface area contributed by atoms with Crippen molar-refractivity contribution in [1.82, 2.24) is 20.4 Å². The normalized spacial score (nSPS) is 19.1. The lowest BCUT2D eigenvalue weighted by Crippen LogP contribution is -2.45. The lowest BCUT2D eigenvalue weighted by Gasteiger charge is -2.32. The molecule has 0 saturated carbocycles. The summed E-state index contributed by atoms with van der Waals surface area (Å²) >= 11 is 0. The number of hydrogen-bond donors (Lipinski definition) is 2. The summed E-state index contributed by atoms with van der Waals surface area (Å²) in [7, 11) is 5.00. The van der Waals surface area contributed by atoms with E-state index < -0.39 is 0 Å². The Morgan fingerprint density at radius 1 is 1.33 bits per heavy atom. The third-order valence-electron chi connectivity index (χ3n) is 3.61. The minimum Gasteiger partial charge on any atom is -0.383 e. The fourth-order valence-corrected chi connectivity index (χ4v) is 2.38. The first kappa shape index (κ1) is 17.7. The van der Waals surface area contributed by atoms with Gasteiger partial charge >= 0.3 is 6.03 Å². The zero-order chi connectivity index (χ0) is 15.7. The van der Waals surface area contributed by atoms with Crippen molar-refractivity contribution >= 4 is 11.9 Å². The fourth-order valence-electron chi connectivity index (χ4n) is 2.38. The summed E-state index contributed by atoms with van der Waals surface area (Å²) in [5.74, 6) is 0.336. The monoisotopic (exact) mass is 300 g/mol. The first-order chi connectivity index (χ1) is 10.0. The number of hydrogen-bond acceptors (Lipinski definition) is 4.